The Balaban J connectivity index is 2.29. The molecule has 1 aliphatic rings. The van der Waals surface area contributed by atoms with Crippen LogP contribution in [0.5, 0.6) is 0 Å². The number of nitrogens with one attached hydrogen (secondary N) is 1. The molecule has 1 saturated heterocycles. The van der Waals surface area contributed by atoms with E-state index in [1.807, 2.05) is 0 Å². The number of likely N-dealkylation sites (tertiary alicyclic amines) is 1. The third-order valence-corrected chi connectivity index (χ3v) is 3.65. The van der Waals surface area contributed by atoms with Gasteiger partial charge in [0.2, 0.25) is 5.91 Å². The molecule has 8 nitrogen and oxygen atoms in total. The average molecular weight is 343 g/mol. The molecule has 1 atom stereocenters. The van der Waals surface area contributed by atoms with Crippen molar-refractivity contribution < 1.29 is 14.5 Å². The zero-order valence-corrected chi connectivity index (χ0v) is 12.1. The van der Waals surface area contributed by atoms with Crippen molar-refractivity contribution in [2.45, 2.75) is 18.9 Å². The average Bonchev–Trinajstić information content (AvgIpc) is 2.41. The Morgan fingerprint density at radius 1 is 1.50 bits per heavy atom. The van der Waals surface area contributed by atoms with Gasteiger partial charge in [0.25, 0.3) is 5.91 Å². The molecule has 0 aromatic carbocycles. The van der Waals surface area contributed by atoms with Gasteiger partial charge in [0.15, 0.2) is 0 Å². The molecule has 0 radical (unpaired) electrons. The number of rotatable bonds is 3. The number of nitro groups is 1. The number of anilines is 1. The third-order valence-electron chi connectivity index (χ3n) is 3.04. The molecule has 1 N–H and O–H groups in total. The molecule has 1 aromatic rings. The van der Waals surface area contributed by atoms with Crippen LogP contribution in [0.3, 0.4) is 0 Å². The summed E-state index contributed by atoms with van der Waals surface area (Å²) in [5.74, 6) is -0.657. The van der Waals surface area contributed by atoms with Crippen molar-refractivity contribution >= 4 is 39.1 Å². The van der Waals surface area contributed by atoms with Gasteiger partial charge in [-0.05, 0) is 22.4 Å². The monoisotopic (exact) mass is 342 g/mol. The minimum atomic E-state index is -0.671. The molecule has 0 saturated carbocycles. The number of amides is 2. The van der Waals surface area contributed by atoms with E-state index in [1.54, 1.807) is 0 Å². The zero-order valence-electron chi connectivity index (χ0n) is 10.5. The molecule has 20 heavy (non-hydrogen) atoms. The van der Waals surface area contributed by atoms with Gasteiger partial charge in [-0.3, -0.25) is 29.6 Å². The second-order valence-corrected chi connectivity index (χ2v) is 5.15. The maximum atomic E-state index is 12.0. The zero-order chi connectivity index (χ0) is 14.9. The van der Waals surface area contributed by atoms with E-state index < -0.39 is 16.9 Å². The highest BCUT2D eigenvalue weighted by Crippen LogP contribution is 2.32. The van der Waals surface area contributed by atoms with Crippen molar-refractivity contribution in [2.24, 2.45) is 0 Å². The van der Waals surface area contributed by atoms with Crippen LogP contribution >= 0.6 is 15.9 Å². The van der Waals surface area contributed by atoms with E-state index in [4.69, 9.17) is 0 Å². The Bertz CT molecular complexity index is 592. The second-order valence-electron chi connectivity index (χ2n) is 4.30. The van der Waals surface area contributed by atoms with Crippen LogP contribution in [0, 0.1) is 10.1 Å². The molecule has 2 amide bonds. The van der Waals surface area contributed by atoms with E-state index in [2.05, 4.69) is 26.2 Å². The highest BCUT2D eigenvalue weighted by molar-refractivity contribution is 9.10. The van der Waals surface area contributed by atoms with Crippen LogP contribution in [-0.2, 0) is 9.59 Å². The van der Waals surface area contributed by atoms with E-state index >= 15 is 0 Å². The largest absolute Gasteiger partial charge is 0.367 e. The molecule has 0 spiro atoms. The number of hydrogen-bond acceptors (Lipinski definition) is 6. The van der Waals surface area contributed by atoms with Crippen molar-refractivity contribution in [1.29, 1.82) is 0 Å². The van der Waals surface area contributed by atoms with Crippen molar-refractivity contribution in [3.05, 3.63) is 27.0 Å². The number of piperidine rings is 1. The number of carbonyl (C=O) groups excluding carboxylic acids is 2. The van der Waals surface area contributed by atoms with Crippen LogP contribution in [0.25, 0.3) is 0 Å². The molecular weight excluding hydrogens is 332 g/mol. The Hall–Kier alpha value is -2.03. The summed E-state index contributed by atoms with van der Waals surface area (Å²) in [4.78, 5) is 38.5. The lowest BCUT2D eigenvalue weighted by molar-refractivity contribution is -0.384. The van der Waals surface area contributed by atoms with Crippen molar-refractivity contribution in [3.8, 4) is 0 Å². The van der Waals surface area contributed by atoms with Crippen molar-refractivity contribution in [2.75, 3.05) is 12.4 Å². The van der Waals surface area contributed by atoms with Crippen LogP contribution in [0.4, 0.5) is 11.4 Å². The lowest BCUT2D eigenvalue weighted by Gasteiger charge is -2.28. The molecule has 2 heterocycles. The molecule has 2 rings (SSSR count). The molecular formula is C11H11BrN4O4. The highest BCUT2D eigenvalue weighted by Gasteiger charge is 2.33. The summed E-state index contributed by atoms with van der Waals surface area (Å²) in [7, 11) is 1.40. The van der Waals surface area contributed by atoms with Gasteiger partial charge in [-0.15, -0.1) is 0 Å². The molecule has 1 fully saturated rings. The quantitative estimate of drug-likeness (QED) is 0.504. The maximum Gasteiger partial charge on any atom is 0.311 e. The van der Waals surface area contributed by atoms with Gasteiger partial charge in [0.1, 0.15) is 17.9 Å². The predicted molar refractivity (Wildman–Crippen MR) is 73.0 cm³/mol. The smallest absolute Gasteiger partial charge is 0.311 e. The van der Waals surface area contributed by atoms with Crippen LogP contribution < -0.4 is 5.32 Å². The minimum Gasteiger partial charge on any atom is -0.367 e. The first-order chi connectivity index (χ1) is 9.41. The molecule has 9 heteroatoms. The molecule has 1 aromatic heterocycles. The summed E-state index contributed by atoms with van der Waals surface area (Å²) in [6.45, 7) is 0. The third kappa shape index (κ3) is 2.62. The first-order valence-corrected chi connectivity index (χ1v) is 6.56. The SMILES string of the molecule is CN1C(=O)CCC(Nc2c(Br)cncc2[N+](=O)[O-])C1=O. The summed E-state index contributed by atoms with van der Waals surface area (Å²) in [6.07, 6.45) is 3.02. The number of nitrogens with zero attached hydrogens (tertiary/aromatic N) is 3. The standard InChI is InChI=1S/C11H11BrN4O4/c1-15-9(17)3-2-7(11(15)18)14-10-6(12)4-13-5-8(10)16(19)20/h4-5,7H,2-3H2,1H3,(H,13,14). The topological polar surface area (TPSA) is 105 Å². The van der Waals surface area contributed by atoms with Gasteiger partial charge in [0, 0.05) is 19.7 Å². The number of halogens is 1. The maximum absolute atomic E-state index is 12.0. The van der Waals surface area contributed by atoms with E-state index in [0.717, 1.165) is 11.1 Å². The van der Waals surface area contributed by atoms with Gasteiger partial charge in [-0.2, -0.15) is 0 Å². The van der Waals surface area contributed by atoms with E-state index in [9.17, 15) is 19.7 Å². The van der Waals surface area contributed by atoms with Gasteiger partial charge in [0.05, 0.1) is 9.40 Å². The molecule has 0 bridgehead atoms. The Morgan fingerprint density at radius 3 is 2.85 bits per heavy atom. The Morgan fingerprint density at radius 2 is 2.20 bits per heavy atom. The Kier molecular flexibility index (Phi) is 3.98. The summed E-state index contributed by atoms with van der Waals surface area (Å²) in [5, 5.41) is 13.8. The summed E-state index contributed by atoms with van der Waals surface area (Å²) in [5.41, 5.74) is -0.0437. The molecule has 1 unspecified atom stereocenters. The van der Waals surface area contributed by atoms with Gasteiger partial charge in [-0.25, -0.2) is 0 Å². The molecule has 1 aliphatic heterocycles. The van der Waals surface area contributed by atoms with Crippen LogP contribution in [0.2, 0.25) is 0 Å². The first-order valence-electron chi connectivity index (χ1n) is 5.76. The number of imide groups is 1. The van der Waals surface area contributed by atoms with Crippen LogP contribution in [0.1, 0.15) is 12.8 Å². The fraction of sp³-hybridized carbons (Fsp3) is 0.364. The van der Waals surface area contributed by atoms with Crippen LogP contribution in [0.15, 0.2) is 16.9 Å². The first kappa shape index (κ1) is 14.4. The van der Waals surface area contributed by atoms with Gasteiger partial charge in [-0.1, -0.05) is 0 Å². The van der Waals surface area contributed by atoms with E-state index in [-0.39, 0.29) is 23.7 Å². The van der Waals surface area contributed by atoms with Gasteiger partial charge < -0.3 is 5.32 Å². The minimum absolute atomic E-state index is 0.186. The van der Waals surface area contributed by atoms with Crippen molar-refractivity contribution in [1.82, 2.24) is 9.88 Å². The molecule has 106 valence electrons. The highest BCUT2D eigenvalue weighted by atomic mass is 79.9. The van der Waals surface area contributed by atoms with E-state index in [1.165, 1.54) is 13.2 Å². The number of pyridine rings is 1. The predicted octanol–water partition coefficient (Wildman–Crippen LogP) is 1.31. The second kappa shape index (κ2) is 5.53. The Labute approximate surface area is 122 Å². The number of likely N-dealkylation sites (N-methyl/N-ethyl adjacent to an activating group) is 1. The fourth-order valence-electron chi connectivity index (χ4n) is 1.93. The van der Waals surface area contributed by atoms with Crippen molar-refractivity contribution in [3.63, 3.8) is 0 Å². The van der Waals surface area contributed by atoms with E-state index in [0.29, 0.717) is 10.9 Å². The summed E-state index contributed by atoms with van der Waals surface area (Å²) < 4.78 is 0.388. The number of carbonyl (C=O) groups is 2. The van der Waals surface area contributed by atoms with Gasteiger partial charge >= 0.3 is 5.69 Å². The van der Waals surface area contributed by atoms with Crippen LogP contribution in [-0.4, -0.2) is 39.7 Å². The molecule has 0 aliphatic carbocycles. The lowest BCUT2D eigenvalue weighted by Crippen LogP contribution is -2.48. The number of aromatic nitrogens is 1. The normalized spacial score (nSPS) is 19.1. The number of hydrogen-bond donors (Lipinski definition) is 1. The summed E-state index contributed by atoms with van der Waals surface area (Å²) in [6, 6.07) is -0.671. The lowest BCUT2D eigenvalue weighted by atomic mass is 10.0. The summed E-state index contributed by atoms with van der Waals surface area (Å²) >= 11 is 3.17. The fourth-order valence-corrected chi connectivity index (χ4v) is 2.37.